The molecule has 1 aromatic heterocycles. The number of rotatable bonds is 4. The number of methoxy groups -OCH3 is 1. The molecule has 88 valence electrons. The second-order valence-electron chi connectivity index (χ2n) is 3.57. The highest BCUT2D eigenvalue weighted by Gasteiger charge is 2.10. The normalized spacial score (nSPS) is 10.2. The van der Waals surface area contributed by atoms with E-state index in [1.54, 1.807) is 18.4 Å². The van der Waals surface area contributed by atoms with E-state index < -0.39 is 5.97 Å². The van der Waals surface area contributed by atoms with Crippen molar-refractivity contribution in [1.29, 1.82) is 0 Å². The van der Waals surface area contributed by atoms with Gasteiger partial charge in [0.15, 0.2) is 0 Å². The van der Waals surface area contributed by atoms with Crippen LogP contribution in [0, 0.1) is 0 Å². The summed E-state index contributed by atoms with van der Waals surface area (Å²) < 4.78 is 5.09. The Labute approximate surface area is 103 Å². The molecule has 0 aliphatic heterocycles. The number of benzene rings is 1. The molecule has 0 atom stereocenters. The molecule has 0 amide bonds. The van der Waals surface area contributed by atoms with Gasteiger partial charge >= 0.3 is 5.97 Å². The highest BCUT2D eigenvalue weighted by molar-refractivity contribution is 7.13. The van der Waals surface area contributed by atoms with Crippen LogP contribution in [0.1, 0.15) is 5.56 Å². The van der Waals surface area contributed by atoms with Crippen molar-refractivity contribution in [2.75, 3.05) is 7.11 Å². The van der Waals surface area contributed by atoms with Crippen LogP contribution in [0.15, 0.2) is 35.7 Å². The van der Waals surface area contributed by atoms with Crippen molar-refractivity contribution in [3.05, 3.63) is 41.3 Å². The number of carbonyl (C=O) groups is 1. The fraction of sp³-hybridized carbons (Fsp3) is 0.154. The van der Waals surface area contributed by atoms with Gasteiger partial charge in [-0.25, -0.2) is 0 Å². The summed E-state index contributed by atoms with van der Waals surface area (Å²) in [6.07, 6.45) is 0.0604. The maximum atomic E-state index is 10.7. The van der Waals surface area contributed by atoms with Crippen LogP contribution in [0.25, 0.3) is 10.4 Å². The molecule has 2 aromatic rings. The van der Waals surface area contributed by atoms with Crippen LogP contribution in [-0.2, 0) is 11.2 Å². The van der Waals surface area contributed by atoms with Gasteiger partial charge in [0.25, 0.3) is 0 Å². The molecular weight excluding hydrogens is 236 g/mol. The maximum Gasteiger partial charge on any atom is 0.307 e. The fourth-order valence-corrected chi connectivity index (χ4v) is 2.57. The van der Waals surface area contributed by atoms with Crippen LogP contribution in [0.5, 0.6) is 5.75 Å². The van der Waals surface area contributed by atoms with Crippen molar-refractivity contribution in [1.82, 2.24) is 0 Å². The van der Waals surface area contributed by atoms with Gasteiger partial charge in [-0.2, -0.15) is 0 Å². The second kappa shape index (κ2) is 5.01. The fourth-order valence-electron chi connectivity index (χ4n) is 1.63. The summed E-state index contributed by atoms with van der Waals surface area (Å²) in [7, 11) is 1.62. The van der Waals surface area contributed by atoms with Crippen molar-refractivity contribution in [2.24, 2.45) is 0 Å². The lowest BCUT2D eigenvalue weighted by Gasteiger charge is -2.03. The molecule has 0 radical (unpaired) electrons. The smallest absolute Gasteiger partial charge is 0.307 e. The Bertz CT molecular complexity index is 514. The summed E-state index contributed by atoms with van der Waals surface area (Å²) in [6.45, 7) is 0. The van der Waals surface area contributed by atoms with E-state index in [1.165, 1.54) is 0 Å². The predicted octanol–water partition coefficient (Wildman–Crippen LogP) is 3.05. The van der Waals surface area contributed by atoms with Gasteiger partial charge in [0, 0.05) is 4.88 Å². The minimum Gasteiger partial charge on any atom is -0.497 e. The predicted molar refractivity (Wildman–Crippen MR) is 67.6 cm³/mol. The van der Waals surface area contributed by atoms with Gasteiger partial charge in [0.2, 0.25) is 0 Å². The number of carboxylic acid groups (broad SMARTS) is 1. The molecule has 17 heavy (non-hydrogen) atoms. The molecule has 2 rings (SSSR count). The van der Waals surface area contributed by atoms with Crippen LogP contribution in [0.4, 0.5) is 0 Å². The number of carboxylic acids is 1. The molecule has 0 aliphatic rings. The third kappa shape index (κ3) is 2.65. The van der Waals surface area contributed by atoms with Crippen LogP contribution in [-0.4, -0.2) is 18.2 Å². The van der Waals surface area contributed by atoms with Gasteiger partial charge in [0.1, 0.15) is 5.75 Å². The first-order valence-corrected chi connectivity index (χ1v) is 6.01. The molecular formula is C13H12O3S. The Kier molecular flexibility index (Phi) is 3.44. The highest BCUT2D eigenvalue weighted by Crippen LogP contribution is 2.31. The van der Waals surface area contributed by atoms with Gasteiger partial charge in [-0.3, -0.25) is 4.79 Å². The largest absolute Gasteiger partial charge is 0.497 e. The molecule has 4 heteroatoms. The lowest BCUT2D eigenvalue weighted by atomic mass is 10.1. The molecule has 0 aliphatic carbocycles. The van der Waals surface area contributed by atoms with Gasteiger partial charge in [-0.15, -0.1) is 11.3 Å². The summed E-state index contributed by atoms with van der Waals surface area (Å²) in [4.78, 5) is 11.7. The molecule has 0 fully saturated rings. The first kappa shape index (κ1) is 11.7. The summed E-state index contributed by atoms with van der Waals surface area (Å²) >= 11 is 1.55. The van der Waals surface area contributed by atoms with E-state index in [-0.39, 0.29) is 6.42 Å². The number of hydrogen-bond acceptors (Lipinski definition) is 3. The molecule has 0 saturated carbocycles. The molecule has 0 bridgehead atoms. The Morgan fingerprint density at radius 1 is 1.29 bits per heavy atom. The van der Waals surface area contributed by atoms with Gasteiger partial charge < -0.3 is 9.84 Å². The minimum atomic E-state index is -0.807. The summed E-state index contributed by atoms with van der Waals surface area (Å²) in [6, 6.07) is 9.49. The highest BCUT2D eigenvalue weighted by atomic mass is 32.1. The van der Waals surface area contributed by atoms with E-state index in [4.69, 9.17) is 9.84 Å². The van der Waals surface area contributed by atoms with E-state index in [0.29, 0.717) is 0 Å². The Morgan fingerprint density at radius 2 is 2.00 bits per heavy atom. The molecule has 1 heterocycles. The molecule has 0 unspecified atom stereocenters. The molecule has 0 saturated heterocycles. The zero-order valence-electron chi connectivity index (χ0n) is 9.34. The summed E-state index contributed by atoms with van der Waals surface area (Å²) in [5.74, 6) is -0.0109. The second-order valence-corrected chi connectivity index (χ2v) is 4.49. The third-order valence-corrected chi connectivity index (χ3v) is 3.45. The summed E-state index contributed by atoms with van der Waals surface area (Å²) in [5.41, 5.74) is 1.88. The SMILES string of the molecule is COc1ccc(-c2sccc2CC(=O)O)cc1. The third-order valence-electron chi connectivity index (χ3n) is 2.44. The van der Waals surface area contributed by atoms with Crippen LogP contribution < -0.4 is 4.74 Å². The Balaban J connectivity index is 2.32. The zero-order chi connectivity index (χ0) is 12.3. The number of ether oxygens (including phenoxy) is 1. The van der Waals surface area contributed by atoms with E-state index in [9.17, 15) is 4.79 Å². The Morgan fingerprint density at radius 3 is 2.59 bits per heavy atom. The maximum absolute atomic E-state index is 10.7. The zero-order valence-corrected chi connectivity index (χ0v) is 10.2. The van der Waals surface area contributed by atoms with Crippen molar-refractivity contribution in [2.45, 2.75) is 6.42 Å². The van der Waals surface area contributed by atoms with Crippen molar-refractivity contribution < 1.29 is 14.6 Å². The molecule has 0 spiro atoms. The van der Waals surface area contributed by atoms with E-state index in [2.05, 4.69) is 0 Å². The van der Waals surface area contributed by atoms with E-state index >= 15 is 0 Å². The summed E-state index contributed by atoms with van der Waals surface area (Å²) in [5, 5.41) is 10.7. The van der Waals surface area contributed by atoms with Crippen LogP contribution in [0.3, 0.4) is 0 Å². The average Bonchev–Trinajstić information content (AvgIpc) is 2.76. The van der Waals surface area contributed by atoms with Gasteiger partial charge in [-0.05, 0) is 46.8 Å². The quantitative estimate of drug-likeness (QED) is 0.904. The topological polar surface area (TPSA) is 46.5 Å². The van der Waals surface area contributed by atoms with Crippen molar-refractivity contribution >= 4 is 17.3 Å². The first-order chi connectivity index (χ1) is 8.20. The average molecular weight is 248 g/mol. The number of aliphatic carboxylic acids is 1. The number of hydrogen-bond donors (Lipinski definition) is 1. The molecule has 3 nitrogen and oxygen atoms in total. The number of thiophene rings is 1. The van der Waals surface area contributed by atoms with Gasteiger partial charge in [-0.1, -0.05) is 0 Å². The van der Waals surface area contributed by atoms with Gasteiger partial charge in [0.05, 0.1) is 13.5 Å². The van der Waals surface area contributed by atoms with Crippen LogP contribution >= 0.6 is 11.3 Å². The lowest BCUT2D eigenvalue weighted by Crippen LogP contribution is -1.99. The van der Waals surface area contributed by atoms with Crippen LogP contribution in [0.2, 0.25) is 0 Å². The molecule has 1 N–H and O–H groups in total. The van der Waals surface area contributed by atoms with E-state index in [0.717, 1.165) is 21.8 Å². The van der Waals surface area contributed by atoms with Crippen molar-refractivity contribution in [3.8, 4) is 16.2 Å². The first-order valence-electron chi connectivity index (χ1n) is 5.13. The van der Waals surface area contributed by atoms with Crippen molar-refractivity contribution in [3.63, 3.8) is 0 Å². The minimum absolute atomic E-state index is 0.0604. The molecule has 1 aromatic carbocycles. The Hall–Kier alpha value is -1.81. The standard InChI is InChI=1S/C13H12O3S/c1-16-11-4-2-9(3-5-11)13-10(6-7-17-13)8-12(14)15/h2-7H,8H2,1H3,(H,14,15). The lowest BCUT2D eigenvalue weighted by molar-refractivity contribution is -0.136. The van der Waals surface area contributed by atoms with E-state index in [1.807, 2.05) is 35.7 Å². The monoisotopic (exact) mass is 248 g/mol.